The van der Waals surface area contributed by atoms with Crippen LogP contribution in [-0.2, 0) is 13.0 Å². The minimum atomic E-state index is -0.235. The van der Waals surface area contributed by atoms with Crippen molar-refractivity contribution in [1.82, 2.24) is 15.1 Å². The van der Waals surface area contributed by atoms with Gasteiger partial charge in [0.25, 0.3) is 5.91 Å². The Kier molecular flexibility index (Phi) is 3.94. The lowest BCUT2D eigenvalue weighted by molar-refractivity contribution is 0.0770. The van der Waals surface area contributed by atoms with Gasteiger partial charge in [-0.1, -0.05) is 6.92 Å². The molecule has 2 aromatic heterocycles. The van der Waals surface area contributed by atoms with Gasteiger partial charge < -0.3 is 15.1 Å². The molecule has 0 saturated carbocycles. The van der Waals surface area contributed by atoms with Crippen LogP contribution in [0.5, 0.6) is 0 Å². The van der Waals surface area contributed by atoms with E-state index in [2.05, 4.69) is 26.1 Å². The van der Waals surface area contributed by atoms with Gasteiger partial charge in [-0.2, -0.15) is 5.10 Å². The highest BCUT2D eigenvalue weighted by molar-refractivity contribution is 9.10. The van der Waals surface area contributed by atoms with Gasteiger partial charge in [-0.3, -0.25) is 9.89 Å². The van der Waals surface area contributed by atoms with Crippen LogP contribution >= 0.6 is 15.9 Å². The number of hydrogen-bond acceptors (Lipinski definition) is 4. The minimum Gasteiger partial charge on any atom is -0.452 e. The monoisotopic (exact) mass is 326 g/mol. The van der Waals surface area contributed by atoms with Gasteiger partial charge >= 0.3 is 0 Å². The number of halogens is 1. The van der Waals surface area contributed by atoms with Crippen LogP contribution < -0.4 is 5.73 Å². The maximum Gasteiger partial charge on any atom is 0.276 e. The first-order chi connectivity index (χ1) is 9.02. The molecule has 0 radical (unpaired) electrons. The highest BCUT2D eigenvalue weighted by Gasteiger charge is 2.20. The lowest BCUT2D eigenvalue weighted by Crippen LogP contribution is -2.27. The van der Waals surface area contributed by atoms with Crippen LogP contribution in [0.15, 0.2) is 21.2 Å². The summed E-state index contributed by atoms with van der Waals surface area (Å²) < 4.78 is 6.00. The number of aromatic amines is 1. The summed E-state index contributed by atoms with van der Waals surface area (Å²) in [6.45, 7) is 2.31. The van der Waals surface area contributed by atoms with Crippen LogP contribution in [-0.4, -0.2) is 28.1 Å². The second-order valence-corrected chi connectivity index (χ2v) is 4.97. The van der Waals surface area contributed by atoms with Crippen LogP contribution in [0.3, 0.4) is 0 Å². The van der Waals surface area contributed by atoms with Crippen LogP contribution in [0.25, 0.3) is 0 Å². The first kappa shape index (κ1) is 13.7. The smallest absolute Gasteiger partial charge is 0.276 e. The molecular weight excluding hydrogens is 312 g/mol. The fraction of sp³-hybridized carbons (Fsp3) is 0.333. The van der Waals surface area contributed by atoms with Gasteiger partial charge in [0.15, 0.2) is 10.4 Å². The van der Waals surface area contributed by atoms with E-state index in [4.69, 9.17) is 10.2 Å². The maximum atomic E-state index is 12.2. The van der Waals surface area contributed by atoms with Gasteiger partial charge in [0.1, 0.15) is 5.76 Å². The Morgan fingerprint density at radius 1 is 1.58 bits per heavy atom. The molecule has 0 saturated heterocycles. The number of carbonyl (C=O) groups excluding carboxylic acids is 1. The van der Waals surface area contributed by atoms with Crippen molar-refractivity contribution in [3.05, 3.63) is 34.0 Å². The highest BCUT2D eigenvalue weighted by atomic mass is 79.9. The molecule has 19 heavy (non-hydrogen) atoms. The van der Waals surface area contributed by atoms with E-state index >= 15 is 0 Å². The quantitative estimate of drug-likeness (QED) is 0.901. The maximum absolute atomic E-state index is 12.2. The summed E-state index contributed by atoms with van der Waals surface area (Å²) in [4.78, 5) is 13.7. The Balaban J connectivity index is 2.12. The van der Waals surface area contributed by atoms with E-state index in [9.17, 15) is 4.79 Å². The van der Waals surface area contributed by atoms with Gasteiger partial charge in [-0.25, -0.2) is 0 Å². The number of nitrogen functional groups attached to an aromatic ring is 1. The lowest BCUT2D eigenvalue weighted by atomic mass is 10.2. The van der Waals surface area contributed by atoms with Crippen molar-refractivity contribution >= 4 is 27.5 Å². The van der Waals surface area contributed by atoms with E-state index in [1.54, 1.807) is 19.2 Å². The van der Waals surface area contributed by atoms with Crippen molar-refractivity contribution in [2.45, 2.75) is 19.9 Å². The number of furan rings is 1. The largest absolute Gasteiger partial charge is 0.452 e. The molecule has 0 aliphatic carbocycles. The molecule has 102 valence electrons. The number of nitrogens with zero attached hydrogens (tertiary/aromatic N) is 2. The van der Waals surface area contributed by atoms with E-state index < -0.39 is 0 Å². The Morgan fingerprint density at radius 2 is 2.32 bits per heavy atom. The summed E-state index contributed by atoms with van der Waals surface area (Å²) in [5, 5.41) is 6.75. The summed E-state index contributed by atoms with van der Waals surface area (Å²) in [5.41, 5.74) is 7.32. The predicted molar refractivity (Wildman–Crippen MR) is 74.6 cm³/mol. The van der Waals surface area contributed by atoms with Crippen LogP contribution in [0, 0.1) is 0 Å². The summed E-state index contributed by atoms with van der Waals surface area (Å²) in [6.07, 6.45) is 0.709. The van der Waals surface area contributed by atoms with Crippen molar-refractivity contribution in [2.75, 3.05) is 12.8 Å². The number of nitrogens with two attached hydrogens (primary N) is 1. The first-order valence-electron chi connectivity index (χ1n) is 5.85. The second-order valence-electron chi connectivity index (χ2n) is 4.19. The molecule has 2 heterocycles. The molecule has 3 N–H and O–H groups in total. The zero-order valence-electron chi connectivity index (χ0n) is 10.7. The molecule has 0 fully saturated rings. The molecule has 0 aromatic carbocycles. The van der Waals surface area contributed by atoms with Crippen LogP contribution in [0.4, 0.5) is 5.69 Å². The van der Waals surface area contributed by atoms with E-state index in [1.807, 2.05) is 6.92 Å². The number of amides is 1. The molecule has 2 rings (SSSR count). The Bertz CT molecular complexity index is 590. The molecule has 0 unspecified atom stereocenters. The van der Waals surface area contributed by atoms with Gasteiger partial charge in [0, 0.05) is 7.05 Å². The minimum absolute atomic E-state index is 0.235. The molecule has 0 aliphatic rings. The third-order valence-corrected chi connectivity index (χ3v) is 3.23. The molecular formula is C12H15BrN4O2. The first-order valence-corrected chi connectivity index (χ1v) is 6.64. The molecule has 0 spiro atoms. The molecule has 7 heteroatoms. The van der Waals surface area contributed by atoms with Crippen LogP contribution in [0.1, 0.15) is 28.9 Å². The average molecular weight is 327 g/mol. The number of hydrogen-bond donors (Lipinski definition) is 2. The van der Waals surface area contributed by atoms with Crippen LogP contribution in [0.2, 0.25) is 0 Å². The van der Waals surface area contributed by atoms with E-state index in [-0.39, 0.29) is 11.6 Å². The van der Waals surface area contributed by atoms with Crippen molar-refractivity contribution in [3.63, 3.8) is 0 Å². The van der Waals surface area contributed by atoms with Crippen molar-refractivity contribution < 1.29 is 9.21 Å². The summed E-state index contributed by atoms with van der Waals surface area (Å²) in [7, 11) is 1.68. The Morgan fingerprint density at radius 3 is 2.84 bits per heavy atom. The second kappa shape index (κ2) is 5.48. The van der Waals surface area contributed by atoms with Crippen molar-refractivity contribution in [3.8, 4) is 0 Å². The molecule has 6 nitrogen and oxygen atoms in total. The van der Waals surface area contributed by atoms with E-state index in [1.165, 1.54) is 4.90 Å². The van der Waals surface area contributed by atoms with Gasteiger partial charge in [-0.15, -0.1) is 0 Å². The average Bonchev–Trinajstić information content (AvgIpc) is 2.94. The van der Waals surface area contributed by atoms with Crippen molar-refractivity contribution in [1.29, 1.82) is 0 Å². The lowest BCUT2D eigenvalue weighted by Gasteiger charge is -2.14. The fourth-order valence-electron chi connectivity index (χ4n) is 1.74. The van der Waals surface area contributed by atoms with Crippen molar-refractivity contribution in [2.24, 2.45) is 0 Å². The number of anilines is 1. The topological polar surface area (TPSA) is 88.2 Å². The Labute approximate surface area is 119 Å². The number of rotatable bonds is 4. The Hall–Kier alpha value is -1.76. The predicted octanol–water partition coefficient (Wildman–Crippen LogP) is 2.18. The number of aryl methyl sites for hydroxylation is 1. The summed E-state index contributed by atoms with van der Waals surface area (Å²) >= 11 is 3.22. The van der Waals surface area contributed by atoms with Gasteiger partial charge in [0.2, 0.25) is 0 Å². The number of aromatic nitrogens is 2. The third-order valence-electron chi connectivity index (χ3n) is 2.81. The molecule has 1 amide bonds. The van der Waals surface area contributed by atoms with E-state index in [0.29, 0.717) is 29.1 Å². The fourth-order valence-corrected chi connectivity index (χ4v) is 2.08. The molecule has 2 aromatic rings. The zero-order valence-corrected chi connectivity index (χ0v) is 12.3. The standard InChI is InChI=1S/C12H15BrN4O2/c1-3-8-10(14)11(16-15-8)12(18)17(2)6-7-4-5-9(13)19-7/h4-5H,3,6,14H2,1-2H3,(H,15,16). The summed E-state index contributed by atoms with van der Waals surface area (Å²) in [6, 6.07) is 3.59. The molecule has 0 aliphatic heterocycles. The number of H-pyrrole nitrogens is 1. The van der Waals surface area contributed by atoms with Gasteiger partial charge in [-0.05, 0) is 34.5 Å². The highest BCUT2D eigenvalue weighted by Crippen LogP contribution is 2.19. The molecule has 0 atom stereocenters. The normalized spacial score (nSPS) is 10.7. The van der Waals surface area contributed by atoms with E-state index in [0.717, 1.165) is 5.69 Å². The number of nitrogens with one attached hydrogen (secondary N) is 1. The summed E-state index contributed by atoms with van der Waals surface area (Å²) in [5.74, 6) is 0.452. The SMILES string of the molecule is CCc1[nH]nc(C(=O)N(C)Cc2ccc(Br)o2)c1N. The zero-order chi connectivity index (χ0) is 14.0. The number of carbonyl (C=O) groups is 1. The molecule has 0 bridgehead atoms. The third kappa shape index (κ3) is 2.81. The van der Waals surface area contributed by atoms with Gasteiger partial charge in [0.05, 0.1) is 17.9 Å².